The Kier molecular flexibility index (Phi) is 5.44. The van der Waals surface area contributed by atoms with Crippen LogP contribution in [0.3, 0.4) is 0 Å². The smallest absolute Gasteiger partial charge is 0.317 e. The number of hydrogen-bond donors (Lipinski definition) is 2. The number of aliphatic hydroxyl groups excluding tert-OH is 1. The van der Waals surface area contributed by atoms with Gasteiger partial charge in [-0.05, 0) is 31.9 Å². The van der Waals surface area contributed by atoms with Crippen LogP contribution in [0.15, 0.2) is 24.3 Å². The number of urea groups is 1. The van der Waals surface area contributed by atoms with Gasteiger partial charge in [0.2, 0.25) is 0 Å². The van der Waals surface area contributed by atoms with Crippen LogP contribution in [0, 0.1) is 0 Å². The van der Waals surface area contributed by atoms with Gasteiger partial charge in [-0.2, -0.15) is 0 Å². The minimum absolute atomic E-state index is 0.00219. The maximum absolute atomic E-state index is 12.0. The molecule has 0 aromatic heterocycles. The molecule has 1 unspecified atom stereocenters. The molecule has 21 heavy (non-hydrogen) atoms. The Hall–Kier alpha value is -1.75. The average Bonchev–Trinajstić information content (AvgIpc) is 2.80. The Balaban J connectivity index is 1.85. The maximum Gasteiger partial charge on any atom is 0.317 e. The number of carbonyl (C=O) groups excluding carboxylic acids is 1. The summed E-state index contributed by atoms with van der Waals surface area (Å²) in [6.45, 7) is 6.53. The van der Waals surface area contributed by atoms with E-state index >= 15 is 0 Å². The monoisotopic (exact) mass is 291 g/mol. The summed E-state index contributed by atoms with van der Waals surface area (Å²) in [6, 6.07) is 8.81. The number of nitrogens with zero attached hydrogens (tertiary/aromatic N) is 2. The van der Waals surface area contributed by atoms with Crippen molar-refractivity contribution in [2.45, 2.75) is 26.3 Å². The fourth-order valence-electron chi connectivity index (χ4n) is 2.89. The number of carbonyl (C=O) groups is 1. The molecule has 1 heterocycles. The molecule has 0 saturated heterocycles. The first kappa shape index (κ1) is 15.6. The van der Waals surface area contributed by atoms with Crippen molar-refractivity contribution in [1.82, 2.24) is 10.2 Å². The van der Waals surface area contributed by atoms with Gasteiger partial charge in [-0.25, -0.2) is 4.79 Å². The molecule has 5 heteroatoms. The van der Waals surface area contributed by atoms with Gasteiger partial charge in [0.05, 0.1) is 6.61 Å². The van der Waals surface area contributed by atoms with E-state index in [1.165, 1.54) is 11.3 Å². The molecule has 0 saturated carbocycles. The van der Waals surface area contributed by atoms with E-state index < -0.39 is 0 Å². The quantitative estimate of drug-likeness (QED) is 0.834. The number of anilines is 1. The number of aliphatic hydroxyl groups is 1. The van der Waals surface area contributed by atoms with Crippen molar-refractivity contribution in [2.24, 2.45) is 0 Å². The molecule has 2 N–H and O–H groups in total. The van der Waals surface area contributed by atoms with E-state index in [4.69, 9.17) is 5.11 Å². The van der Waals surface area contributed by atoms with Gasteiger partial charge in [-0.15, -0.1) is 0 Å². The van der Waals surface area contributed by atoms with Gasteiger partial charge in [0, 0.05) is 37.9 Å². The topological polar surface area (TPSA) is 55.8 Å². The first-order valence-corrected chi connectivity index (χ1v) is 7.65. The molecular weight excluding hydrogens is 266 g/mol. The van der Waals surface area contributed by atoms with Crippen LogP contribution in [-0.4, -0.2) is 54.9 Å². The van der Waals surface area contributed by atoms with Crippen LogP contribution in [0.5, 0.6) is 0 Å². The van der Waals surface area contributed by atoms with Gasteiger partial charge in [-0.3, -0.25) is 0 Å². The Bertz CT molecular complexity index is 478. The van der Waals surface area contributed by atoms with Crippen LogP contribution < -0.4 is 10.2 Å². The Morgan fingerprint density at radius 2 is 2.24 bits per heavy atom. The lowest BCUT2D eigenvalue weighted by Gasteiger charge is -2.26. The zero-order valence-electron chi connectivity index (χ0n) is 12.9. The van der Waals surface area contributed by atoms with E-state index in [1.54, 1.807) is 4.90 Å². The summed E-state index contributed by atoms with van der Waals surface area (Å²) in [4.78, 5) is 15.9. The summed E-state index contributed by atoms with van der Waals surface area (Å²) in [5, 5.41) is 11.9. The Morgan fingerprint density at radius 1 is 1.48 bits per heavy atom. The molecule has 0 fully saturated rings. The lowest BCUT2D eigenvalue weighted by atomic mass is 10.1. The van der Waals surface area contributed by atoms with Crippen molar-refractivity contribution in [3.63, 3.8) is 0 Å². The molecule has 2 amide bonds. The van der Waals surface area contributed by atoms with Crippen molar-refractivity contribution in [2.75, 3.05) is 37.7 Å². The summed E-state index contributed by atoms with van der Waals surface area (Å²) >= 11 is 0. The van der Waals surface area contributed by atoms with Crippen LogP contribution in [0.2, 0.25) is 0 Å². The second-order valence-corrected chi connectivity index (χ2v) is 5.41. The lowest BCUT2D eigenvalue weighted by Crippen LogP contribution is -2.44. The summed E-state index contributed by atoms with van der Waals surface area (Å²) in [6.07, 6.45) is 1.07. The number of likely N-dealkylation sites (N-methyl/N-ethyl adjacent to an activating group) is 1. The molecular formula is C16H25N3O2. The molecule has 0 aliphatic carbocycles. The van der Waals surface area contributed by atoms with Crippen LogP contribution in [0.4, 0.5) is 10.5 Å². The molecule has 0 spiro atoms. The number of amides is 2. The first-order valence-electron chi connectivity index (χ1n) is 7.65. The number of para-hydroxylation sites is 1. The van der Waals surface area contributed by atoms with Gasteiger partial charge < -0.3 is 20.2 Å². The summed E-state index contributed by atoms with van der Waals surface area (Å²) < 4.78 is 0. The normalized spacial score (nSPS) is 16.7. The number of nitrogens with one attached hydrogen (secondary N) is 1. The van der Waals surface area contributed by atoms with Crippen LogP contribution in [0.25, 0.3) is 0 Å². The number of benzene rings is 1. The molecule has 1 aromatic rings. The van der Waals surface area contributed by atoms with Crippen LogP contribution in [0.1, 0.15) is 19.4 Å². The number of hydrogen-bond acceptors (Lipinski definition) is 3. The molecule has 0 bridgehead atoms. The molecule has 116 valence electrons. The second-order valence-electron chi connectivity index (χ2n) is 5.41. The average molecular weight is 291 g/mol. The number of rotatable bonds is 6. The highest BCUT2D eigenvalue weighted by molar-refractivity contribution is 5.74. The van der Waals surface area contributed by atoms with Crippen molar-refractivity contribution in [1.29, 1.82) is 0 Å². The van der Waals surface area contributed by atoms with Gasteiger partial charge >= 0.3 is 6.03 Å². The van der Waals surface area contributed by atoms with E-state index in [9.17, 15) is 4.79 Å². The van der Waals surface area contributed by atoms with Gasteiger partial charge in [-0.1, -0.05) is 18.2 Å². The summed E-state index contributed by atoms with van der Waals surface area (Å²) in [5.41, 5.74) is 2.66. The highest BCUT2D eigenvalue weighted by atomic mass is 16.3. The zero-order chi connectivity index (χ0) is 15.2. The largest absolute Gasteiger partial charge is 0.395 e. The van der Waals surface area contributed by atoms with Crippen LogP contribution in [-0.2, 0) is 6.42 Å². The molecule has 0 radical (unpaired) electrons. The minimum atomic E-state index is -0.105. The molecule has 5 nitrogen and oxygen atoms in total. The third kappa shape index (κ3) is 3.67. The Labute approximate surface area is 126 Å². The molecule has 1 aliphatic heterocycles. The van der Waals surface area contributed by atoms with Crippen molar-refractivity contribution < 1.29 is 9.90 Å². The molecule has 2 rings (SSSR count). The lowest BCUT2D eigenvalue weighted by molar-refractivity contribution is 0.180. The molecule has 1 atom stereocenters. The zero-order valence-corrected chi connectivity index (χ0v) is 12.9. The van der Waals surface area contributed by atoms with Crippen molar-refractivity contribution >= 4 is 11.7 Å². The Morgan fingerprint density at radius 3 is 2.95 bits per heavy atom. The minimum Gasteiger partial charge on any atom is -0.395 e. The standard InChI is InChI=1S/C16H25N3O2/c1-3-18(10-11-20)16(21)17-8-9-19-13(2)12-14-6-4-5-7-15(14)19/h4-7,13,20H,3,8-12H2,1-2H3,(H,17,21). The fourth-order valence-corrected chi connectivity index (χ4v) is 2.89. The highest BCUT2D eigenvalue weighted by Gasteiger charge is 2.25. The van der Waals surface area contributed by atoms with E-state index in [2.05, 4.69) is 41.4 Å². The van der Waals surface area contributed by atoms with Gasteiger partial charge in [0.1, 0.15) is 0 Å². The molecule has 1 aromatic carbocycles. The van der Waals surface area contributed by atoms with Gasteiger partial charge in [0.15, 0.2) is 0 Å². The van der Waals surface area contributed by atoms with E-state index in [1.807, 2.05) is 6.92 Å². The van der Waals surface area contributed by atoms with Crippen LogP contribution >= 0.6 is 0 Å². The maximum atomic E-state index is 12.0. The predicted molar refractivity (Wildman–Crippen MR) is 84.7 cm³/mol. The van der Waals surface area contributed by atoms with Gasteiger partial charge in [0.25, 0.3) is 0 Å². The molecule has 1 aliphatic rings. The summed E-state index contributed by atoms with van der Waals surface area (Å²) in [5.74, 6) is 0. The number of fused-ring (bicyclic) bond motifs is 1. The summed E-state index contributed by atoms with van der Waals surface area (Å²) in [7, 11) is 0. The second kappa shape index (κ2) is 7.31. The predicted octanol–water partition coefficient (Wildman–Crippen LogP) is 1.46. The highest BCUT2D eigenvalue weighted by Crippen LogP contribution is 2.31. The third-order valence-electron chi connectivity index (χ3n) is 4.02. The van der Waals surface area contributed by atoms with E-state index in [0.717, 1.165) is 13.0 Å². The SMILES string of the molecule is CCN(CCO)C(=O)NCCN1c2ccccc2CC1C. The van der Waals surface area contributed by atoms with Crippen molar-refractivity contribution in [3.8, 4) is 0 Å². The van der Waals surface area contributed by atoms with Crippen molar-refractivity contribution in [3.05, 3.63) is 29.8 Å². The first-order chi connectivity index (χ1) is 10.2. The fraction of sp³-hybridized carbons (Fsp3) is 0.562. The van der Waals surface area contributed by atoms with E-state index in [-0.39, 0.29) is 12.6 Å². The third-order valence-corrected chi connectivity index (χ3v) is 4.02. The van der Waals surface area contributed by atoms with E-state index in [0.29, 0.717) is 25.7 Å².